The van der Waals surface area contributed by atoms with Gasteiger partial charge in [-0.15, -0.1) is 0 Å². The van der Waals surface area contributed by atoms with E-state index in [1.807, 2.05) is 30.3 Å². The Morgan fingerprint density at radius 2 is 1.96 bits per heavy atom. The number of sulfone groups is 1. The summed E-state index contributed by atoms with van der Waals surface area (Å²) in [6.45, 7) is 0.767. The highest BCUT2D eigenvalue weighted by atomic mass is 32.2. The number of fused-ring (bicyclic) bond motifs is 3. The molecule has 2 aliphatic heterocycles. The summed E-state index contributed by atoms with van der Waals surface area (Å²) >= 11 is 0. The fraction of sp³-hybridized carbons (Fsp3) is 0.412. The molecule has 0 bridgehead atoms. The second kappa shape index (κ2) is 5.44. The number of aryl methyl sites for hydroxylation is 1. The fourth-order valence-corrected chi connectivity index (χ4v) is 5.99. The van der Waals surface area contributed by atoms with Gasteiger partial charge in [0.15, 0.2) is 14.7 Å². The van der Waals surface area contributed by atoms with Crippen molar-refractivity contribution in [1.29, 1.82) is 0 Å². The second-order valence-corrected chi connectivity index (χ2v) is 8.52. The van der Waals surface area contributed by atoms with Gasteiger partial charge in [0, 0.05) is 19.6 Å². The van der Waals surface area contributed by atoms with Crippen LogP contribution in [0.15, 0.2) is 46.2 Å². The zero-order valence-electron chi connectivity index (χ0n) is 13.4. The molecule has 1 aromatic carbocycles. The van der Waals surface area contributed by atoms with E-state index in [0.717, 1.165) is 29.6 Å². The average molecular weight is 345 g/mol. The molecule has 1 fully saturated rings. The Morgan fingerprint density at radius 1 is 1.21 bits per heavy atom. The maximum Gasteiger partial charge on any atom is 0.287 e. The fourth-order valence-electron chi connectivity index (χ4n) is 3.88. The normalized spacial score (nSPS) is 25.0. The van der Waals surface area contributed by atoms with E-state index in [-0.39, 0.29) is 10.9 Å². The van der Waals surface area contributed by atoms with E-state index in [2.05, 4.69) is 10.00 Å². The molecule has 2 atom stereocenters. The highest BCUT2D eigenvalue weighted by Crippen LogP contribution is 2.43. The van der Waals surface area contributed by atoms with Gasteiger partial charge >= 0.3 is 0 Å². The van der Waals surface area contributed by atoms with Crippen molar-refractivity contribution < 1.29 is 8.42 Å². The first-order valence-corrected chi connectivity index (χ1v) is 9.66. The molecule has 1 aromatic heterocycles. The number of rotatable bonds is 1. The van der Waals surface area contributed by atoms with Crippen molar-refractivity contribution in [2.24, 2.45) is 7.05 Å². The third-order valence-corrected chi connectivity index (χ3v) is 7.24. The molecule has 0 saturated carbocycles. The molecule has 0 unspecified atom stereocenters. The summed E-state index contributed by atoms with van der Waals surface area (Å²) in [5, 5.41) is 3.36. The van der Waals surface area contributed by atoms with E-state index >= 15 is 0 Å². The van der Waals surface area contributed by atoms with E-state index in [0.29, 0.717) is 12.1 Å². The minimum Gasteiger partial charge on any atom is -0.366 e. The zero-order valence-corrected chi connectivity index (χ0v) is 14.2. The van der Waals surface area contributed by atoms with Crippen LogP contribution in [0.4, 0.5) is 5.69 Å². The van der Waals surface area contributed by atoms with E-state index in [9.17, 15) is 13.2 Å². The van der Waals surface area contributed by atoms with Crippen LogP contribution in [0.25, 0.3) is 0 Å². The van der Waals surface area contributed by atoms with Crippen LogP contribution in [-0.2, 0) is 16.9 Å². The molecule has 2 aromatic rings. The molecule has 126 valence electrons. The minimum atomic E-state index is -3.78. The van der Waals surface area contributed by atoms with E-state index in [4.69, 9.17) is 0 Å². The predicted octanol–water partition coefficient (Wildman–Crippen LogP) is 1.67. The molecule has 2 aliphatic rings. The zero-order chi connectivity index (χ0) is 16.9. The summed E-state index contributed by atoms with van der Waals surface area (Å²) in [4.78, 5) is 14.6. The number of aromatic nitrogens is 2. The van der Waals surface area contributed by atoms with Crippen molar-refractivity contribution in [1.82, 2.24) is 9.78 Å². The molecule has 4 rings (SSSR count). The van der Waals surface area contributed by atoms with Crippen molar-refractivity contribution in [2.45, 2.75) is 35.4 Å². The van der Waals surface area contributed by atoms with Crippen LogP contribution in [0, 0.1) is 0 Å². The second-order valence-electron chi connectivity index (χ2n) is 6.46. The van der Waals surface area contributed by atoms with E-state index < -0.39 is 20.6 Å². The number of benzene rings is 1. The lowest BCUT2D eigenvalue weighted by Crippen LogP contribution is -2.32. The van der Waals surface area contributed by atoms with Crippen LogP contribution in [0.2, 0.25) is 0 Å². The summed E-state index contributed by atoms with van der Waals surface area (Å²) < 4.78 is 27.8. The Morgan fingerprint density at radius 3 is 2.71 bits per heavy atom. The Labute approximate surface area is 140 Å². The Bertz CT molecular complexity index is 937. The maximum atomic E-state index is 13.4. The van der Waals surface area contributed by atoms with Crippen molar-refractivity contribution in [2.75, 3.05) is 11.4 Å². The van der Waals surface area contributed by atoms with Crippen molar-refractivity contribution in [3.8, 4) is 0 Å². The Balaban J connectivity index is 2.01. The number of hydrogen-bond acceptors (Lipinski definition) is 5. The van der Waals surface area contributed by atoms with Crippen LogP contribution < -0.4 is 10.5 Å². The molecule has 3 heterocycles. The highest BCUT2D eigenvalue weighted by Gasteiger charge is 2.43. The molecule has 0 N–H and O–H groups in total. The lowest BCUT2D eigenvalue weighted by Gasteiger charge is -2.25. The van der Waals surface area contributed by atoms with Gasteiger partial charge < -0.3 is 4.90 Å². The quantitative estimate of drug-likeness (QED) is 0.786. The number of anilines is 1. The standard InChI is InChI=1S/C17H19N3O3S/c1-19-17(21)16-14(11-18-19)20-9-5-8-13(20)10-15(24(16,22)23)12-6-3-2-4-7-12/h2-4,6-7,11,13,15H,5,8-10H2,1H3/t13-,15+/m1/s1. The SMILES string of the molecule is Cn1ncc2c(c1=O)S(=O)(=O)[C@H](c1ccccc1)C[C@H]1CCCN21. The molecule has 7 heteroatoms. The lowest BCUT2D eigenvalue weighted by atomic mass is 10.0. The number of hydrogen-bond donors (Lipinski definition) is 0. The van der Waals surface area contributed by atoms with Gasteiger partial charge in [-0.05, 0) is 24.8 Å². The molecule has 6 nitrogen and oxygen atoms in total. The number of nitrogens with zero attached hydrogens (tertiary/aromatic N) is 3. The molecule has 1 saturated heterocycles. The van der Waals surface area contributed by atoms with Gasteiger partial charge in [-0.25, -0.2) is 13.1 Å². The van der Waals surface area contributed by atoms with Gasteiger partial charge in [0.2, 0.25) is 0 Å². The smallest absolute Gasteiger partial charge is 0.287 e. The molecule has 0 amide bonds. The maximum absolute atomic E-state index is 13.4. The first-order chi connectivity index (χ1) is 11.5. The summed E-state index contributed by atoms with van der Waals surface area (Å²) in [6, 6.07) is 9.34. The average Bonchev–Trinajstić information content (AvgIpc) is 3.00. The van der Waals surface area contributed by atoms with Crippen molar-refractivity contribution >= 4 is 15.5 Å². The Kier molecular flexibility index (Phi) is 3.49. The van der Waals surface area contributed by atoms with E-state index in [1.165, 1.54) is 13.2 Å². The minimum absolute atomic E-state index is 0.0988. The molecule has 24 heavy (non-hydrogen) atoms. The molecular weight excluding hydrogens is 326 g/mol. The largest absolute Gasteiger partial charge is 0.366 e. The van der Waals surface area contributed by atoms with Gasteiger partial charge in [-0.2, -0.15) is 5.10 Å². The molecule has 0 aliphatic carbocycles. The Hall–Kier alpha value is -2.15. The van der Waals surface area contributed by atoms with Crippen LogP contribution in [0.5, 0.6) is 0 Å². The van der Waals surface area contributed by atoms with Crippen LogP contribution in [0.1, 0.15) is 30.1 Å². The van der Waals surface area contributed by atoms with Crippen LogP contribution >= 0.6 is 0 Å². The van der Waals surface area contributed by atoms with Gasteiger partial charge in [0.1, 0.15) is 0 Å². The lowest BCUT2D eigenvalue weighted by molar-refractivity contribution is 0.555. The van der Waals surface area contributed by atoms with Crippen molar-refractivity contribution in [3.05, 3.63) is 52.4 Å². The summed E-state index contributed by atoms with van der Waals surface area (Å²) in [5.74, 6) is 0. The monoisotopic (exact) mass is 345 g/mol. The first kappa shape index (κ1) is 15.4. The van der Waals surface area contributed by atoms with Crippen LogP contribution in [-0.4, -0.2) is 30.8 Å². The van der Waals surface area contributed by atoms with Gasteiger partial charge in [0.25, 0.3) is 5.56 Å². The highest BCUT2D eigenvalue weighted by molar-refractivity contribution is 7.91. The summed E-state index contributed by atoms with van der Waals surface area (Å²) in [5.41, 5.74) is 0.677. The van der Waals surface area contributed by atoms with Crippen molar-refractivity contribution in [3.63, 3.8) is 0 Å². The topological polar surface area (TPSA) is 72.3 Å². The predicted molar refractivity (Wildman–Crippen MR) is 90.8 cm³/mol. The molecule has 0 spiro atoms. The summed E-state index contributed by atoms with van der Waals surface area (Å²) in [6.07, 6.45) is 3.97. The van der Waals surface area contributed by atoms with Gasteiger partial charge in [-0.1, -0.05) is 30.3 Å². The third kappa shape index (κ3) is 2.18. The van der Waals surface area contributed by atoms with Crippen LogP contribution in [0.3, 0.4) is 0 Å². The third-order valence-electron chi connectivity index (χ3n) is 5.08. The first-order valence-electron chi connectivity index (χ1n) is 8.12. The molecule has 0 radical (unpaired) electrons. The summed E-state index contributed by atoms with van der Waals surface area (Å²) in [7, 11) is -2.29. The van der Waals surface area contributed by atoms with Gasteiger partial charge in [0.05, 0.1) is 17.1 Å². The van der Waals surface area contributed by atoms with Gasteiger partial charge in [-0.3, -0.25) is 4.79 Å². The molecular formula is C17H19N3O3S. The van der Waals surface area contributed by atoms with E-state index in [1.54, 1.807) is 0 Å².